The van der Waals surface area contributed by atoms with Gasteiger partial charge in [0.05, 0.1) is 6.54 Å². The molecule has 2 aromatic rings. The molecule has 1 unspecified atom stereocenters. The molecule has 1 aromatic carbocycles. The van der Waals surface area contributed by atoms with E-state index in [0.29, 0.717) is 12.6 Å². The first-order chi connectivity index (χ1) is 14.0. The topological polar surface area (TPSA) is 61.8 Å². The molecule has 0 bridgehead atoms. The standard InChI is InChI=1S/C23H33N5O.HI/c1-17-5-8-21(9-6-17)29-19(3)16-26-23(24-4)27-20-11-13-28(14-12-20)22-10-7-18(2)15-25-22;/h5-10,15,19-20H,11-14,16H2,1-4H3,(H2,24,26,27);1H. The Hall–Kier alpha value is -2.03. The lowest BCUT2D eigenvalue weighted by atomic mass is 10.1. The number of aromatic nitrogens is 1. The van der Waals surface area contributed by atoms with Crippen molar-refractivity contribution in [1.29, 1.82) is 0 Å². The molecular formula is C23H34IN5O. The number of piperidine rings is 1. The Morgan fingerprint density at radius 2 is 1.80 bits per heavy atom. The molecule has 1 aliphatic rings. The number of halogens is 1. The van der Waals surface area contributed by atoms with Crippen molar-refractivity contribution < 1.29 is 4.74 Å². The molecule has 0 amide bonds. The van der Waals surface area contributed by atoms with Gasteiger partial charge in [-0.1, -0.05) is 23.8 Å². The number of nitrogens with one attached hydrogen (secondary N) is 2. The molecule has 0 spiro atoms. The predicted octanol–water partition coefficient (Wildman–Crippen LogP) is 3.92. The molecule has 30 heavy (non-hydrogen) atoms. The smallest absolute Gasteiger partial charge is 0.191 e. The number of benzene rings is 1. The van der Waals surface area contributed by atoms with Crippen molar-refractivity contribution >= 4 is 35.8 Å². The van der Waals surface area contributed by atoms with Crippen LogP contribution in [0.15, 0.2) is 47.6 Å². The van der Waals surface area contributed by atoms with Crippen LogP contribution in [0.25, 0.3) is 0 Å². The molecule has 0 saturated carbocycles. The predicted molar refractivity (Wildman–Crippen MR) is 135 cm³/mol. The van der Waals surface area contributed by atoms with Crippen LogP contribution in [-0.4, -0.2) is 49.8 Å². The summed E-state index contributed by atoms with van der Waals surface area (Å²) in [6.07, 6.45) is 4.11. The number of guanidine groups is 1. The summed E-state index contributed by atoms with van der Waals surface area (Å²) in [6.45, 7) is 8.90. The Kier molecular flexibility index (Phi) is 9.68. The summed E-state index contributed by atoms with van der Waals surface area (Å²) in [6, 6.07) is 12.8. The quantitative estimate of drug-likeness (QED) is 0.342. The highest BCUT2D eigenvalue weighted by atomic mass is 127. The number of nitrogens with zero attached hydrogens (tertiary/aromatic N) is 3. The molecule has 164 valence electrons. The SMILES string of the molecule is CN=C(NCC(C)Oc1ccc(C)cc1)NC1CCN(c2ccc(C)cn2)CC1.I. The molecule has 0 radical (unpaired) electrons. The molecule has 6 nitrogen and oxygen atoms in total. The molecule has 1 saturated heterocycles. The maximum Gasteiger partial charge on any atom is 0.191 e. The molecule has 7 heteroatoms. The zero-order valence-electron chi connectivity index (χ0n) is 18.4. The van der Waals surface area contributed by atoms with Gasteiger partial charge in [0.25, 0.3) is 0 Å². The maximum absolute atomic E-state index is 5.97. The second-order valence-corrected chi connectivity index (χ2v) is 7.79. The van der Waals surface area contributed by atoms with Crippen LogP contribution in [0.4, 0.5) is 5.82 Å². The van der Waals surface area contributed by atoms with E-state index in [2.05, 4.69) is 70.5 Å². The summed E-state index contributed by atoms with van der Waals surface area (Å²) in [5, 5.41) is 6.93. The molecule has 1 aliphatic heterocycles. The van der Waals surface area contributed by atoms with Crippen LogP contribution in [0.3, 0.4) is 0 Å². The number of ether oxygens (including phenoxy) is 1. The van der Waals surface area contributed by atoms with E-state index >= 15 is 0 Å². The van der Waals surface area contributed by atoms with E-state index in [9.17, 15) is 0 Å². The molecule has 2 N–H and O–H groups in total. The van der Waals surface area contributed by atoms with Crippen LogP contribution < -0.4 is 20.3 Å². The Morgan fingerprint density at radius 1 is 1.13 bits per heavy atom. The number of hydrogen-bond donors (Lipinski definition) is 2. The summed E-state index contributed by atoms with van der Waals surface area (Å²) in [5.74, 6) is 2.79. The fourth-order valence-electron chi connectivity index (χ4n) is 3.42. The second-order valence-electron chi connectivity index (χ2n) is 7.79. The van der Waals surface area contributed by atoms with Crippen molar-refractivity contribution in [2.75, 3.05) is 31.6 Å². The van der Waals surface area contributed by atoms with E-state index in [-0.39, 0.29) is 30.1 Å². The van der Waals surface area contributed by atoms with Gasteiger partial charge in [-0.25, -0.2) is 4.98 Å². The zero-order chi connectivity index (χ0) is 20.6. The van der Waals surface area contributed by atoms with Crippen LogP contribution in [-0.2, 0) is 0 Å². The molecule has 3 rings (SSSR count). The Labute approximate surface area is 197 Å². The van der Waals surface area contributed by atoms with Crippen molar-refractivity contribution in [1.82, 2.24) is 15.6 Å². The number of aliphatic imine (C=N–C) groups is 1. The fraction of sp³-hybridized carbons (Fsp3) is 0.478. The van der Waals surface area contributed by atoms with Crippen molar-refractivity contribution in [2.45, 2.75) is 45.8 Å². The highest BCUT2D eigenvalue weighted by molar-refractivity contribution is 14.0. The molecular weight excluding hydrogens is 489 g/mol. The van der Waals surface area contributed by atoms with E-state index in [4.69, 9.17) is 4.74 Å². The Bertz CT molecular complexity index is 786. The number of anilines is 1. The number of aryl methyl sites for hydroxylation is 2. The highest BCUT2D eigenvalue weighted by Gasteiger charge is 2.21. The third-order valence-corrected chi connectivity index (χ3v) is 5.19. The van der Waals surface area contributed by atoms with Crippen LogP contribution in [0.5, 0.6) is 5.75 Å². The van der Waals surface area contributed by atoms with Crippen LogP contribution >= 0.6 is 24.0 Å². The van der Waals surface area contributed by atoms with Gasteiger partial charge in [0.15, 0.2) is 5.96 Å². The van der Waals surface area contributed by atoms with E-state index in [1.54, 1.807) is 0 Å². The Balaban J connectivity index is 0.00000320. The normalized spacial score (nSPS) is 15.9. The molecule has 1 fully saturated rings. The van der Waals surface area contributed by atoms with E-state index < -0.39 is 0 Å². The van der Waals surface area contributed by atoms with Crippen LogP contribution in [0.2, 0.25) is 0 Å². The molecule has 2 heterocycles. The molecule has 0 aliphatic carbocycles. The van der Waals surface area contributed by atoms with Gasteiger partial charge in [0.1, 0.15) is 17.7 Å². The maximum atomic E-state index is 5.97. The fourth-order valence-corrected chi connectivity index (χ4v) is 3.42. The van der Waals surface area contributed by atoms with Gasteiger partial charge in [-0.05, 0) is 57.4 Å². The summed E-state index contributed by atoms with van der Waals surface area (Å²) < 4.78 is 5.97. The monoisotopic (exact) mass is 523 g/mol. The lowest BCUT2D eigenvalue weighted by Gasteiger charge is -2.34. The summed E-state index contributed by atoms with van der Waals surface area (Å²) in [4.78, 5) is 11.3. The first-order valence-electron chi connectivity index (χ1n) is 10.4. The number of hydrogen-bond acceptors (Lipinski definition) is 4. The number of rotatable bonds is 6. The van der Waals surface area contributed by atoms with E-state index in [0.717, 1.165) is 43.5 Å². The van der Waals surface area contributed by atoms with Crippen molar-refractivity contribution in [3.05, 3.63) is 53.7 Å². The van der Waals surface area contributed by atoms with Gasteiger partial charge in [-0.15, -0.1) is 24.0 Å². The van der Waals surface area contributed by atoms with Gasteiger partial charge < -0.3 is 20.3 Å². The molecule has 1 atom stereocenters. The lowest BCUT2D eigenvalue weighted by Crippen LogP contribution is -2.50. The van der Waals surface area contributed by atoms with Crippen molar-refractivity contribution in [3.63, 3.8) is 0 Å². The minimum Gasteiger partial charge on any atom is -0.489 e. The van der Waals surface area contributed by atoms with Crippen molar-refractivity contribution in [3.8, 4) is 5.75 Å². The van der Waals surface area contributed by atoms with Crippen LogP contribution in [0.1, 0.15) is 30.9 Å². The average Bonchev–Trinajstić information content (AvgIpc) is 2.74. The third-order valence-electron chi connectivity index (χ3n) is 5.19. The van der Waals surface area contributed by atoms with Crippen LogP contribution in [0, 0.1) is 13.8 Å². The summed E-state index contributed by atoms with van der Waals surface area (Å²) in [7, 11) is 1.81. The highest BCUT2D eigenvalue weighted by Crippen LogP contribution is 2.18. The van der Waals surface area contributed by atoms with E-state index in [1.165, 1.54) is 11.1 Å². The summed E-state index contributed by atoms with van der Waals surface area (Å²) in [5.41, 5.74) is 2.43. The second kappa shape index (κ2) is 12.0. The lowest BCUT2D eigenvalue weighted by molar-refractivity contribution is 0.223. The number of pyridine rings is 1. The average molecular weight is 523 g/mol. The minimum absolute atomic E-state index is 0. The Morgan fingerprint density at radius 3 is 2.40 bits per heavy atom. The zero-order valence-corrected chi connectivity index (χ0v) is 20.7. The van der Waals surface area contributed by atoms with Crippen molar-refractivity contribution in [2.24, 2.45) is 4.99 Å². The van der Waals surface area contributed by atoms with Gasteiger partial charge in [-0.3, -0.25) is 4.99 Å². The van der Waals surface area contributed by atoms with Gasteiger partial charge in [0.2, 0.25) is 0 Å². The third kappa shape index (κ3) is 7.34. The minimum atomic E-state index is 0. The van der Waals surface area contributed by atoms with Gasteiger partial charge >= 0.3 is 0 Å². The molecule has 1 aromatic heterocycles. The van der Waals surface area contributed by atoms with Gasteiger partial charge in [-0.2, -0.15) is 0 Å². The first kappa shape index (κ1) is 24.2. The largest absolute Gasteiger partial charge is 0.489 e. The van der Waals surface area contributed by atoms with E-state index in [1.807, 2.05) is 25.4 Å². The van der Waals surface area contributed by atoms with Gasteiger partial charge in [0, 0.05) is 32.4 Å². The summed E-state index contributed by atoms with van der Waals surface area (Å²) >= 11 is 0. The first-order valence-corrected chi connectivity index (χ1v) is 10.4.